The predicted octanol–water partition coefficient (Wildman–Crippen LogP) is -4.76. The fourth-order valence-electron chi connectivity index (χ4n) is 2.52. The minimum Gasteiger partial charge on any atom is -0.545 e. The van der Waals surface area contributed by atoms with E-state index in [1.165, 1.54) is 36.4 Å². The maximum Gasteiger partial charge on any atom is 3.00 e. The Balaban J connectivity index is 0. The van der Waals surface area contributed by atoms with Gasteiger partial charge >= 0.3 is 34.7 Å². The van der Waals surface area contributed by atoms with Gasteiger partial charge in [0, 0.05) is 33.4 Å². The molecule has 3 aromatic rings. The number of hydrogen-bond donors (Lipinski definition) is 0. The minimum absolute atomic E-state index is 0. The van der Waals surface area contributed by atoms with E-state index in [0.29, 0.717) is 0 Å². The van der Waals surface area contributed by atoms with E-state index in [1.807, 2.05) is 0 Å². The van der Waals surface area contributed by atoms with Gasteiger partial charge in [0.2, 0.25) is 0 Å². The molecule has 3 aromatic carbocycles. The molecule has 0 aliphatic carbocycles. The normalized spacial score (nSPS) is 8.84. The summed E-state index contributed by atoms with van der Waals surface area (Å²) in [4.78, 5) is 61.9. The molecule has 0 N–H and O–H groups in total. The van der Waals surface area contributed by atoms with Crippen molar-refractivity contribution in [3.8, 4) is 0 Å². The Hall–Kier alpha value is -4.46. The summed E-state index contributed by atoms with van der Waals surface area (Å²) in [5, 5.41) is 61.9. The van der Waals surface area contributed by atoms with Gasteiger partial charge in [-0.05, 0) is 0 Å². The molecule has 2 radical (unpaired) electrons. The van der Waals surface area contributed by atoms with Crippen molar-refractivity contribution in [2.24, 2.45) is 0 Å². The molecular weight excluding hydrogens is 584 g/mol. The van der Waals surface area contributed by atoms with Crippen LogP contribution >= 0.6 is 0 Å². The molecule has 0 saturated carbocycles. The summed E-state index contributed by atoms with van der Waals surface area (Å²) in [6.45, 7) is 0. The van der Waals surface area contributed by atoms with Gasteiger partial charge in [-0.15, -0.1) is 0 Å². The van der Waals surface area contributed by atoms with Crippen molar-refractivity contribution in [3.63, 3.8) is 0 Å². The topological polar surface area (TPSA) is 241 Å². The molecular formula is C24H12Cr2O12. The monoisotopic (exact) mass is 596 g/mol. The van der Waals surface area contributed by atoms with Crippen molar-refractivity contribution in [3.05, 3.63) is 106 Å². The molecule has 12 nitrogen and oxygen atoms in total. The van der Waals surface area contributed by atoms with Crippen LogP contribution in [0.5, 0.6) is 0 Å². The third-order valence-electron chi connectivity index (χ3n) is 4.10. The van der Waals surface area contributed by atoms with Crippen LogP contribution in [0.15, 0.2) is 72.8 Å². The van der Waals surface area contributed by atoms with Crippen LogP contribution in [-0.2, 0) is 34.7 Å². The second kappa shape index (κ2) is 17.1. The van der Waals surface area contributed by atoms with Crippen LogP contribution in [0.25, 0.3) is 0 Å². The van der Waals surface area contributed by atoms with E-state index in [-0.39, 0.29) is 68.1 Å². The number of carboxylic acids is 6. The number of carbonyl (C=O) groups is 6. The third kappa shape index (κ3) is 10.7. The van der Waals surface area contributed by atoms with Crippen LogP contribution in [0.3, 0.4) is 0 Å². The zero-order chi connectivity index (χ0) is 27.4. The molecule has 0 saturated heterocycles. The van der Waals surface area contributed by atoms with E-state index in [1.54, 1.807) is 0 Å². The fourth-order valence-corrected chi connectivity index (χ4v) is 2.52. The minimum atomic E-state index is -1.52. The third-order valence-corrected chi connectivity index (χ3v) is 4.10. The van der Waals surface area contributed by atoms with Crippen LogP contribution in [0.2, 0.25) is 0 Å². The van der Waals surface area contributed by atoms with Gasteiger partial charge in [0.05, 0.1) is 35.8 Å². The first kappa shape index (κ1) is 35.7. The Morgan fingerprint density at radius 1 is 0.316 bits per heavy atom. The first-order chi connectivity index (χ1) is 16.9. The van der Waals surface area contributed by atoms with Gasteiger partial charge in [0.1, 0.15) is 0 Å². The summed E-state index contributed by atoms with van der Waals surface area (Å²) >= 11 is 0. The number of aromatic carboxylic acids is 6. The van der Waals surface area contributed by atoms with Crippen LogP contribution < -0.4 is 30.6 Å². The predicted molar refractivity (Wildman–Crippen MR) is 105 cm³/mol. The second-order valence-corrected chi connectivity index (χ2v) is 6.36. The fraction of sp³-hybridized carbons (Fsp3) is 0. The molecule has 0 aliphatic heterocycles. The van der Waals surface area contributed by atoms with E-state index < -0.39 is 35.8 Å². The Bertz CT molecular complexity index is 1060. The number of rotatable bonds is 6. The maximum absolute atomic E-state index is 10.3. The van der Waals surface area contributed by atoms with E-state index in [0.717, 1.165) is 36.4 Å². The molecule has 0 aliphatic rings. The van der Waals surface area contributed by atoms with E-state index >= 15 is 0 Å². The Labute approximate surface area is 235 Å². The molecule has 0 unspecified atom stereocenters. The van der Waals surface area contributed by atoms with E-state index in [9.17, 15) is 59.4 Å². The number of benzene rings is 3. The van der Waals surface area contributed by atoms with Crippen molar-refractivity contribution >= 4 is 35.8 Å². The molecule has 0 aromatic heterocycles. The molecule has 0 atom stereocenters. The van der Waals surface area contributed by atoms with Gasteiger partial charge in [0.25, 0.3) is 0 Å². The molecule has 14 heteroatoms. The quantitative estimate of drug-likeness (QED) is 0.261. The molecule has 0 amide bonds. The Morgan fingerprint density at radius 3 is 0.500 bits per heavy atom. The van der Waals surface area contributed by atoms with Gasteiger partial charge in [-0.25, -0.2) is 0 Å². The molecule has 3 rings (SSSR count). The maximum atomic E-state index is 10.3. The van der Waals surface area contributed by atoms with Gasteiger partial charge in [-0.3, -0.25) is 0 Å². The second-order valence-electron chi connectivity index (χ2n) is 6.36. The number of carboxylic acid groups (broad SMARTS) is 6. The zero-order valence-corrected chi connectivity index (χ0v) is 21.2. The summed E-state index contributed by atoms with van der Waals surface area (Å²) in [6, 6.07) is 15.4. The van der Waals surface area contributed by atoms with Gasteiger partial charge < -0.3 is 59.4 Å². The van der Waals surface area contributed by atoms with Gasteiger partial charge in [-0.1, -0.05) is 72.8 Å². The van der Waals surface area contributed by atoms with Crippen LogP contribution in [-0.4, -0.2) is 35.8 Å². The summed E-state index contributed by atoms with van der Waals surface area (Å²) in [6.07, 6.45) is 0. The first-order valence-corrected chi connectivity index (χ1v) is 9.43. The molecule has 192 valence electrons. The largest absolute Gasteiger partial charge is 3.00 e. The van der Waals surface area contributed by atoms with Crippen molar-refractivity contribution in [1.82, 2.24) is 0 Å². The van der Waals surface area contributed by atoms with E-state index in [2.05, 4.69) is 0 Å². The molecule has 0 fully saturated rings. The van der Waals surface area contributed by atoms with Crippen molar-refractivity contribution in [2.75, 3.05) is 0 Å². The van der Waals surface area contributed by atoms with Crippen molar-refractivity contribution < 1.29 is 94.1 Å². The molecule has 38 heavy (non-hydrogen) atoms. The average molecular weight is 596 g/mol. The van der Waals surface area contributed by atoms with Crippen LogP contribution in [0.1, 0.15) is 62.1 Å². The number of carbonyl (C=O) groups excluding carboxylic acids is 6. The smallest absolute Gasteiger partial charge is 0.545 e. The summed E-state index contributed by atoms with van der Waals surface area (Å²) in [7, 11) is 0. The van der Waals surface area contributed by atoms with Crippen molar-refractivity contribution in [1.29, 1.82) is 0 Å². The molecule has 0 bridgehead atoms. The summed E-state index contributed by atoms with van der Waals surface area (Å²) in [5.74, 6) is -9.11. The van der Waals surface area contributed by atoms with Crippen LogP contribution in [0, 0.1) is 0 Å². The summed E-state index contributed by atoms with van der Waals surface area (Å²) in [5.41, 5.74) is -2.18. The van der Waals surface area contributed by atoms with Crippen LogP contribution in [0.4, 0.5) is 0 Å². The van der Waals surface area contributed by atoms with Gasteiger partial charge in [-0.2, -0.15) is 0 Å². The Morgan fingerprint density at radius 2 is 0.421 bits per heavy atom. The van der Waals surface area contributed by atoms with Gasteiger partial charge in [0.15, 0.2) is 0 Å². The number of hydrogen-bond acceptors (Lipinski definition) is 12. The Kier molecular flexibility index (Phi) is 16.0. The SMILES string of the molecule is O=C([O-])c1ccccc1C(=O)[O-].O=C([O-])c1ccccc1C(=O)[O-].O=C([O-])c1ccccc1C(=O)[O-].[Cr+3].[Cr+3]. The average Bonchev–Trinajstić information content (AvgIpc) is 2.84. The van der Waals surface area contributed by atoms with Crippen molar-refractivity contribution in [2.45, 2.75) is 0 Å². The van der Waals surface area contributed by atoms with E-state index in [4.69, 9.17) is 0 Å². The molecule has 0 heterocycles. The molecule has 0 spiro atoms. The summed E-state index contributed by atoms with van der Waals surface area (Å²) < 4.78 is 0. The standard InChI is InChI=1S/3C8H6O4.2Cr/c3*9-7(10)5-3-1-2-4-6(5)8(11)12;;/h3*1-4H,(H,9,10)(H,11,12);;/q;;;2*+3/p-6. The first-order valence-electron chi connectivity index (χ1n) is 9.43. The zero-order valence-electron chi connectivity index (χ0n) is 18.6.